The molecule has 6 aliphatic heterocycles. The van der Waals surface area contributed by atoms with Crippen LogP contribution in [0.4, 0.5) is 16.4 Å². The minimum Gasteiger partial charge on any atom is -0.480 e. The van der Waals surface area contributed by atoms with E-state index in [4.69, 9.17) is 19.9 Å². The summed E-state index contributed by atoms with van der Waals surface area (Å²) in [6.07, 6.45) is 7.77. The van der Waals surface area contributed by atoms with E-state index in [-0.39, 0.29) is 141 Å². The average Bonchev–Trinajstić information content (AvgIpc) is 1.47. The zero-order valence-corrected chi connectivity index (χ0v) is 56.8. The predicted molar refractivity (Wildman–Crippen MR) is 361 cm³/mol. The quantitative estimate of drug-likeness (QED) is 0.00607. The molecule has 518 valence electrons. The van der Waals surface area contributed by atoms with Gasteiger partial charge in [-0.05, 0) is 81.8 Å². The smallest absolute Gasteiger partial charge is 0.480 e. The number of H-pyrrole nitrogens is 1. The van der Waals surface area contributed by atoms with Gasteiger partial charge in [-0.15, -0.1) is 0 Å². The molecule has 1 aliphatic carbocycles. The van der Waals surface area contributed by atoms with Crippen molar-refractivity contribution in [2.24, 2.45) is 29.6 Å². The Kier molecular flexibility index (Phi) is 19.2. The van der Waals surface area contributed by atoms with Crippen LogP contribution in [0.25, 0.3) is 35.0 Å². The first-order chi connectivity index (χ1) is 47.4. The van der Waals surface area contributed by atoms with Gasteiger partial charge >= 0.3 is 29.9 Å². The van der Waals surface area contributed by atoms with Crippen molar-refractivity contribution in [3.8, 4) is 0 Å². The summed E-state index contributed by atoms with van der Waals surface area (Å²) in [6.45, 7) is 12.0. The van der Waals surface area contributed by atoms with Crippen LogP contribution < -0.4 is 48.8 Å². The number of benzene rings is 1. The van der Waals surface area contributed by atoms with E-state index in [0.29, 0.717) is 33.4 Å². The van der Waals surface area contributed by atoms with Crippen molar-refractivity contribution in [3.05, 3.63) is 108 Å². The molecule has 30 nitrogen and oxygen atoms in total. The van der Waals surface area contributed by atoms with Crippen LogP contribution in [0, 0.1) is 43.4 Å². The van der Waals surface area contributed by atoms with E-state index in [0.717, 1.165) is 67.9 Å². The van der Waals surface area contributed by atoms with Crippen molar-refractivity contribution >= 4 is 139 Å². The second kappa shape index (κ2) is 27.7. The first-order valence-electron chi connectivity index (χ1n) is 32.5. The van der Waals surface area contributed by atoms with Crippen LogP contribution in [0.5, 0.6) is 0 Å². The number of nitrogen functional groups attached to an aromatic ring is 1. The van der Waals surface area contributed by atoms with Crippen LogP contribution in [0.2, 0.25) is 0 Å². The number of carbonyl (C=O) groups is 10. The lowest BCUT2D eigenvalue weighted by atomic mass is 9.81. The fourth-order valence-electron chi connectivity index (χ4n) is 14.9. The molecule has 8 atom stereocenters. The number of Topliss-reactive ketones (excluding diaryl/α,β-unsaturated/α-hetero) is 3. The number of nitrogens with one attached hydrogen (secondary N) is 6. The number of aromatic nitrogens is 6. The summed E-state index contributed by atoms with van der Waals surface area (Å²) in [7, 11) is 3.59. The molecule has 0 fully saturated rings. The van der Waals surface area contributed by atoms with E-state index in [2.05, 4.69) is 104 Å². The topological polar surface area (TPSA) is 412 Å². The average molecular weight is 1400 g/mol. The number of aromatic amines is 1. The number of carbonyl (C=O) groups excluding carboxylic acids is 8. The lowest BCUT2D eigenvalue weighted by Gasteiger charge is -2.39. The number of anilines is 2. The Bertz CT molecular complexity index is 4680. The van der Waals surface area contributed by atoms with Crippen LogP contribution >= 0.6 is 21.6 Å². The number of allylic oxidation sites excluding steroid dienone is 2. The summed E-state index contributed by atoms with van der Waals surface area (Å²) >= 11 is 0. The molecule has 0 saturated heterocycles. The number of nitrogens with two attached hydrogens (primary N) is 1. The highest BCUT2D eigenvalue weighted by molar-refractivity contribution is 8.76. The van der Waals surface area contributed by atoms with Gasteiger partial charge in [-0.25, -0.2) is 29.8 Å². The Morgan fingerprint density at radius 2 is 1.55 bits per heavy atom. The number of carboxylic acids is 2. The van der Waals surface area contributed by atoms with Gasteiger partial charge < -0.3 is 46.1 Å². The fraction of sp³-hybridized carbons (Fsp3) is 0.433. The second-order valence-corrected chi connectivity index (χ2v) is 27.9. The van der Waals surface area contributed by atoms with Gasteiger partial charge in [-0.3, -0.25) is 48.8 Å². The van der Waals surface area contributed by atoms with Crippen LogP contribution in [-0.4, -0.2) is 169 Å². The summed E-state index contributed by atoms with van der Waals surface area (Å²) < 4.78 is 25.3. The number of hydrogen-bond acceptors (Lipinski definition) is 21. The van der Waals surface area contributed by atoms with Gasteiger partial charge in [0.25, 0.3) is 11.5 Å². The maximum atomic E-state index is 14.9. The van der Waals surface area contributed by atoms with E-state index in [9.17, 15) is 63.0 Å². The first kappa shape index (κ1) is 68.8. The molecule has 10 N–H and O–H groups in total. The molecule has 32 heteroatoms. The van der Waals surface area contributed by atoms with Crippen LogP contribution in [-0.2, 0) is 55.4 Å². The van der Waals surface area contributed by atoms with E-state index in [1.807, 2.05) is 13.8 Å². The zero-order valence-electron chi connectivity index (χ0n) is 55.2. The van der Waals surface area contributed by atoms with Gasteiger partial charge in [-0.1, -0.05) is 51.5 Å². The van der Waals surface area contributed by atoms with Crippen molar-refractivity contribution in [2.75, 3.05) is 49.5 Å². The number of fused-ring (bicyclic) bond motifs is 2. The van der Waals surface area contributed by atoms with Gasteiger partial charge in [0.1, 0.15) is 24.5 Å². The summed E-state index contributed by atoms with van der Waals surface area (Å²) in [4.78, 5) is 159. The minimum absolute atomic E-state index is 0.0222. The number of aliphatic carboxylic acids is 2. The normalized spacial score (nSPS) is 20.5. The lowest BCUT2D eigenvalue weighted by Crippen LogP contribution is -2.70. The zero-order chi connectivity index (χ0) is 70.6. The molecule has 99 heavy (non-hydrogen) atoms. The number of ketones is 3. The number of hydrogen-bond donors (Lipinski definition) is 9. The van der Waals surface area contributed by atoms with Gasteiger partial charge in [-0.2, -0.15) is 14.1 Å². The molecule has 10 heterocycles. The van der Waals surface area contributed by atoms with Gasteiger partial charge in [0, 0.05) is 84.4 Å². The number of esters is 1. The Balaban J connectivity index is 0.564. The number of hydrazine groups is 1. The highest BCUT2D eigenvalue weighted by Crippen LogP contribution is 2.56. The Morgan fingerprint density at radius 1 is 0.818 bits per heavy atom. The maximum absolute atomic E-state index is 14.9. The van der Waals surface area contributed by atoms with Crippen molar-refractivity contribution in [3.63, 3.8) is 0 Å². The number of methoxy groups -OCH3 is 1. The van der Waals surface area contributed by atoms with Gasteiger partial charge in [0.15, 0.2) is 45.8 Å². The predicted octanol–water partition coefficient (Wildman–Crippen LogP) is 2.86. The summed E-state index contributed by atoms with van der Waals surface area (Å²) in [5.41, 5.74) is 19.6. The first-order valence-corrected chi connectivity index (χ1v) is 35.0. The molecule has 1 unspecified atom stereocenters. The number of ether oxygens (including phenoxy) is 3. The van der Waals surface area contributed by atoms with E-state index >= 15 is 0 Å². The monoisotopic (exact) mass is 1390 g/mol. The molecule has 0 radical (unpaired) electrons. The van der Waals surface area contributed by atoms with E-state index in [1.165, 1.54) is 36.2 Å². The third-order valence-corrected chi connectivity index (χ3v) is 21.8. The van der Waals surface area contributed by atoms with Crippen LogP contribution in [0.15, 0.2) is 46.7 Å². The Morgan fingerprint density at radius 3 is 2.26 bits per heavy atom. The molecule has 7 aliphatic rings. The van der Waals surface area contributed by atoms with Crippen LogP contribution in [0.1, 0.15) is 138 Å². The molecule has 12 rings (SSSR count). The third kappa shape index (κ3) is 12.2. The summed E-state index contributed by atoms with van der Waals surface area (Å²) in [5.74, 6) is -8.67. The van der Waals surface area contributed by atoms with Crippen molar-refractivity contribution in [1.82, 2.24) is 50.6 Å². The van der Waals surface area contributed by atoms with Gasteiger partial charge in [0.05, 0.1) is 83.5 Å². The number of nitrogens with zero attached hydrogens (tertiary/aromatic N) is 7. The van der Waals surface area contributed by atoms with Crippen LogP contribution in [0.3, 0.4) is 0 Å². The number of rotatable bonds is 30. The standard InChI is InChI=1S/C67H72N14O16S2/c1-8-39-30(2)43-26-48-51(34(6)82)32(4)45-24-44-31(3)40(56-53-54(64(93)95-7)58(86)52-33(5)46-25-47(39)78(43)67(79(45)48,80(44)56)81(46)57(52)53)16-18-50(85)76-77-66(94)97-22-23-98-99-29-42(63(91)92)72-49(84)19-21-96-20-9-10-38(83)15-17-41(62(89)90)73-60(87)35-11-13-36(14-12-35)69-27-37-28-70-59-55(71-37)61(88)75-65(68)74-59/h11-14,24-26,28,30-31,39-42,54H,8-10,15-23,27,29H2,1-7H3,(H8,68,69,70,72,73,74,75,84,87,88,89,90,91,92)/p+2/t30-,31+,39-,40+,41+,42+,54?,67-/m1/s1. The molecule has 4 aromatic heterocycles. The molecule has 4 amide bonds. The molecule has 0 bridgehead atoms. The number of carboxylic acid groups (broad SMARTS) is 2. The minimum atomic E-state index is -1.35. The van der Waals surface area contributed by atoms with Crippen molar-refractivity contribution in [2.45, 2.75) is 117 Å². The highest BCUT2D eigenvalue weighted by Gasteiger charge is 2.77. The van der Waals surface area contributed by atoms with E-state index < -0.39 is 77.1 Å². The van der Waals surface area contributed by atoms with Crippen molar-refractivity contribution in [1.29, 1.82) is 0 Å². The SMILES string of the molecule is CC[C@H]1C2=[N+]3C(=Cc4c(C(C)=O)c(C)c5n4[C@]34n3c(c(C)c6c3=C(C3=[N+]4C(=C5)[C@@H](C)[C@@H]3CCC(=O)NNC(=O)OCCSSC[C@H](NC(=O)CCOCCCC(=O)CC[C@H](NC(=O)c3ccc(NCc4cnc5nc(N)[nH]c(=O)c5n4)cc3)C(=O)O)C(=O)O)C(C(=O)OC)C6=O)=C2)[C@@H]1C. The molecular formula is C67H74N14O16S2+2. The second-order valence-electron chi connectivity index (χ2n) is 25.3. The largest absolute Gasteiger partial charge is 0.552 e. The summed E-state index contributed by atoms with van der Waals surface area (Å²) in [6, 6.07) is 3.56. The lowest BCUT2D eigenvalue weighted by molar-refractivity contribution is -0.837. The molecule has 1 aromatic carbocycles. The molecular weight excluding hydrogens is 1320 g/mol. The third-order valence-electron chi connectivity index (χ3n) is 19.4. The van der Waals surface area contributed by atoms with E-state index in [1.54, 1.807) is 19.1 Å². The number of amides is 4. The van der Waals surface area contributed by atoms with Gasteiger partial charge in [0.2, 0.25) is 23.5 Å². The Hall–Kier alpha value is -10.1. The maximum Gasteiger partial charge on any atom is 0.552 e. The fourth-order valence-corrected chi connectivity index (χ4v) is 16.9. The molecule has 5 aromatic rings. The Labute approximate surface area is 572 Å². The molecule has 0 saturated carbocycles. The molecule has 1 spiro atoms. The van der Waals surface area contributed by atoms with Crippen molar-refractivity contribution < 1.29 is 81.5 Å². The highest BCUT2D eigenvalue weighted by atomic mass is 33.1. The summed E-state index contributed by atoms with van der Waals surface area (Å²) in [5, 5.41) is 29.1.